The van der Waals surface area contributed by atoms with Crippen molar-refractivity contribution in [2.75, 3.05) is 4.90 Å². The second-order valence-corrected chi connectivity index (χ2v) is 6.00. The highest BCUT2D eigenvalue weighted by atomic mass is 32.1. The molecule has 0 unspecified atom stereocenters. The number of rotatable bonds is 5. The highest BCUT2D eigenvalue weighted by Gasteiger charge is 2.14. The van der Waals surface area contributed by atoms with E-state index < -0.39 is 0 Å². The predicted octanol–water partition coefficient (Wildman–Crippen LogP) is 4.28. The van der Waals surface area contributed by atoms with Crippen LogP contribution < -0.4 is 4.90 Å². The SMILES string of the molecule is Cc1cc(C=O)ccc1N(Cc1cccs1)C(C)C. The van der Waals surface area contributed by atoms with Crippen LogP contribution in [0.15, 0.2) is 35.7 Å². The summed E-state index contributed by atoms with van der Waals surface area (Å²) in [6.45, 7) is 7.37. The van der Waals surface area contributed by atoms with Crippen molar-refractivity contribution in [3.63, 3.8) is 0 Å². The molecule has 0 N–H and O–H groups in total. The Labute approximate surface area is 118 Å². The fourth-order valence-corrected chi connectivity index (χ4v) is 2.89. The lowest BCUT2D eigenvalue weighted by Crippen LogP contribution is -2.30. The van der Waals surface area contributed by atoms with Crippen LogP contribution in [-0.2, 0) is 6.54 Å². The third kappa shape index (κ3) is 3.24. The minimum Gasteiger partial charge on any atom is -0.364 e. The van der Waals surface area contributed by atoms with E-state index in [2.05, 4.69) is 43.2 Å². The van der Waals surface area contributed by atoms with Crippen LogP contribution >= 0.6 is 11.3 Å². The van der Waals surface area contributed by atoms with Crippen molar-refractivity contribution in [2.24, 2.45) is 0 Å². The van der Waals surface area contributed by atoms with Gasteiger partial charge < -0.3 is 4.90 Å². The van der Waals surface area contributed by atoms with Crippen molar-refractivity contribution in [1.29, 1.82) is 0 Å². The molecular weight excluding hydrogens is 254 g/mol. The first kappa shape index (κ1) is 13.8. The van der Waals surface area contributed by atoms with E-state index >= 15 is 0 Å². The van der Waals surface area contributed by atoms with E-state index in [0.29, 0.717) is 6.04 Å². The molecule has 1 aromatic heterocycles. The predicted molar refractivity (Wildman–Crippen MR) is 82.2 cm³/mol. The van der Waals surface area contributed by atoms with E-state index in [-0.39, 0.29) is 0 Å². The topological polar surface area (TPSA) is 20.3 Å². The van der Waals surface area contributed by atoms with Crippen molar-refractivity contribution in [3.05, 3.63) is 51.7 Å². The number of anilines is 1. The van der Waals surface area contributed by atoms with Crippen LogP contribution in [0.25, 0.3) is 0 Å². The molecule has 2 aromatic rings. The average molecular weight is 273 g/mol. The first-order chi connectivity index (χ1) is 9.11. The fourth-order valence-electron chi connectivity index (χ4n) is 2.19. The summed E-state index contributed by atoms with van der Waals surface area (Å²) in [7, 11) is 0. The average Bonchev–Trinajstić information content (AvgIpc) is 2.89. The van der Waals surface area contributed by atoms with E-state index in [1.165, 1.54) is 10.6 Å². The number of aldehydes is 1. The maximum absolute atomic E-state index is 10.8. The molecule has 0 amide bonds. The molecule has 1 heterocycles. The summed E-state index contributed by atoms with van der Waals surface area (Å²) in [5.41, 5.74) is 3.09. The second-order valence-electron chi connectivity index (χ2n) is 4.96. The first-order valence-corrected chi connectivity index (χ1v) is 7.34. The standard InChI is InChI=1S/C16H19NOS/c1-12(2)17(10-15-5-4-8-19-15)16-7-6-14(11-18)9-13(16)3/h4-9,11-12H,10H2,1-3H3. The van der Waals surface area contributed by atoms with Crippen LogP contribution in [0.4, 0.5) is 5.69 Å². The quantitative estimate of drug-likeness (QED) is 0.758. The van der Waals surface area contributed by atoms with Crippen LogP contribution in [0.5, 0.6) is 0 Å². The van der Waals surface area contributed by atoms with E-state index in [1.54, 1.807) is 11.3 Å². The van der Waals surface area contributed by atoms with Crippen LogP contribution in [0.2, 0.25) is 0 Å². The Bertz CT molecular complexity index is 546. The van der Waals surface area contributed by atoms with Gasteiger partial charge in [-0.15, -0.1) is 11.3 Å². The summed E-state index contributed by atoms with van der Waals surface area (Å²) >= 11 is 1.78. The van der Waals surface area contributed by atoms with Gasteiger partial charge in [0.15, 0.2) is 0 Å². The van der Waals surface area contributed by atoms with Gasteiger partial charge in [-0.25, -0.2) is 0 Å². The molecule has 1 aromatic carbocycles. The Kier molecular flexibility index (Phi) is 4.38. The number of nitrogens with zero attached hydrogens (tertiary/aromatic N) is 1. The third-order valence-electron chi connectivity index (χ3n) is 3.20. The van der Waals surface area contributed by atoms with Gasteiger partial charge >= 0.3 is 0 Å². The molecule has 0 saturated heterocycles. The van der Waals surface area contributed by atoms with Crippen molar-refractivity contribution in [1.82, 2.24) is 0 Å². The second kappa shape index (κ2) is 6.02. The molecule has 2 rings (SSSR count). The molecule has 0 aliphatic heterocycles. The van der Waals surface area contributed by atoms with E-state index in [9.17, 15) is 4.79 Å². The monoisotopic (exact) mass is 273 g/mol. The zero-order chi connectivity index (χ0) is 13.8. The van der Waals surface area contributed by atoms with Gasteiger partial charge in [0.05, 0.1) is 6.54 Å². The Morgan fingerprint density at radius 2 is 2.11 bits per heavy atom. The fraction of sp³-hybridized carbons (Fsp3) is 0.312. The van der Waals surface area contributed by atoms with Gasteiger partial charge in [-0.1, -0.05) is 6.07 Å². The van der Waals surface area contributed by atoms with Crippen LogP contribution in [0.3, 0.4) is 0 Å². The molecule has 0 saturated carbocycles. The molecule has 0 aliphatic carbocycles. The Hall–Kier alpha value is -1.61. The Balaban J connectivity index is 2.31. The zero-order valence-corrected chi connectivity index (χ0v) is 12.4. The maximum atomic E-state index is 10.8. The number of aryl methyl sites for hydroxylation is 1. The third-order valence-corrected chi connectivity index (χ3v) is 4.06. The van der Waals surface area contributed by atoms with Crippen molar-refractivity contribution < 1.29 is 4.79 Å². The molecule has 0 atom stereocenters. The smallest absolute Gasteiger partial charge is 0.150 e. The summed E-state index contributed by atoms with van der Waals surface area (Å²) < 4.78 is 0. The van der Waals surface area contributed by atoms with Gasteiger partial charge in [-0.05, 0) is 56.0 Å². The molecule has 0 bridgehead atoms. The minimum atomic E-state index is 0.419. The van der Waals surface area contributed by atoms with Crippen LogP contribution in [0.1, 0.15) is 34.6 Å². The Morgan fingerprint density at radius 3 is 2.63 bits per heavy atom. The normalized spacial score (nSPS) is 10.7. The Morgan fingerprint density at radius 1 is 1.32 bits per heavy atom. The summed E-state index contributed by atoms with van der Waals surface area (Å²) in [4.78, 5) is 14.5. The number of hydrogen-bond acceptors (Lipinski definition) is 3. The maximum Gasteiger partial charge on any atom is 0.150 e. The van der Waals surface area contributed by atoms with Gasteiger partial charge in [0.2, 0.25) is 0 Å². The molecule has 0 radical (unpaired) electrons. The lowest BCUT2D eigenvalue weighted by atomic mass is 10.1. The largest absolute Gasteiger partial charge is 0.364 e. The summed E-state index contributed by atoms with van der Waals surface area (Å²) in [5.74, 6) is 0. The van der Waals surface area contributed by atoms with Crippen LogP contribution in [0, 0.1) is 6.92 Å². The van der Waals surface area contributed by atoms with Gasteiger partial charge in [-0.3, -0.25) is 4.79 Å². The van der Waals surface area contributed by atoms with E-state index in [0.717, 1.165) is 24.0 Å². The van der Waals surface area contributed by atoms with Crippen molar-refractivity contribution >= 4 is 23.3 Å². The molecular formula is C16H19NOS. The van der Waals surface area contributed by atoms with Crippen molar-refractivity contribution in [2.45, 2.75) is 33.4 Å². The van der Waals surface area contributed by atoms with Gasteiger partial charge in [0.1, 0.15) is 6.29 Å². The number of benzene rings is 1. The molecule has 0 aliphatic rings. The molecule has 2 nitrogen and oxygen atoms in total. The molecule has 0 fully saturated rings. The minimum absolute atomic E-state index is 0.419. The lowest BCUT2D eigenvalue weighted by Gasteiger charge is -2.30. The summed E-state index contributed by atoms with van der Waals surface area (Å²) in [6, 6.07) is 10.6. The number of carbonyl (C=O) groups is 1. The van der Waals surface area contributed by atoms with Gasteiger partial charge in [-0.2, -0.15) is 0 Å². The van der Waals surface area contributed by atoms with Crippen LogP contribution in [-0.4, -0.2) is 12.3 Å². The highest BCUT2D eigenvalue weighted by molar-refractivity contribution is 7.09. The molecule has 19 heavy (non-hydrogen) atoms. The van der Waals surface area contributed by atoms with Gasteiger partial charge in [0, 0.05) is 22.2 Å². The number of hydrogen-bond donors (Lipinski definition) is 0. The zero-order valence-electron chi connectivity index (χ0n) is 11.6. The number of thiophene rings is 1. The molecule has 100 valence electrons. The summed E-state index contributed by atoms with van der Waals surface area (Å²) in [6.07, 6.45) is 0.899. The first-order valence-electron chi connectivity index (χ1n) is 6.46. The number of carbonyl (C=O) groups excluding carboxylic acids is 1. The van der Waals surface area contributed by atoms with E-state index in [4.69, 9.17) is 0 Å². The summed E-state index contributed by atoms with van der Waals surface area (Å²) in [5, 5.41) is 2.11. The lowest BCUT2D eigenvalue weighted by molar-refractivity contribution is 0.112. The highest BCUT2D eigenvalue weighted by Crippen LogP contribution is 2.26. The van der Waals surface area contributed by atoms with Crippen molar-refractivity contribution in [3.8, 4) is 0 Å². The molecule has 0 spiro atoms. The van der Waals surface area contributed by atoms with E-state index in [1.807, 2.05) is 18.2 Å². The van der Waals surface area contributed by atoms with Gasteiger partial charge in [0.25, 0.3) is 0 Å². The molecule has 3 heteroatoms.